The third-order valence-corrected chi connectivity index (χ3v) is 7.92. The van der Waals surface area contributed by atoms with Gasteiger partial charge >= 0.3 is 0 Å². The van der Waals surface area contributed by atoms with Crippen LogP contribution in [0.5, 0.6) is 5.75 Å². The van der Waals surface area contributed by atoms with E-state index in [4.69, 9.17) is 4.74 Å². The Labute approximate surface area is 162 Å². The minimum atomic E-state index is -0.130. The summed E-state index contributed by atoms with van der Waals surface area (Å²) in [6, 6.07) is 9.06. The SMILES string of the molecule is COc1ccc(C23CC4CC(CC(C(=O)NC5CCNCC5)(C4)C2)C3)cc1. The number of carbonyl (C=O) groups excluding carboxylic acids is 1. The van der Waals surface area contributed by atoms with E-state index in [0.29, 0.717) is 23.8 Å². The number of ether oxygens (including phenoxy) is 1. The summed E-state index contributed by atoms with van der Waals surface area (Å²) in [6.45, 7) is 2.05. The van der Waals surface area contributed by atoms with Gasteiger partial charge in [-0.3, -0.25) is 4.79 Å². The fraction of sp³-hybridized carbons (Fsp3) is 0.696. The highest BCUT2D eigenvalue weighted by atomic mass is 16.5. The van der Waals surface area contributed by atoms with E-state index in [1.165, 1.54) is 24.8 Å². The van der Waals surface area contributed by atoms with Crippen LogP contribution in [0.1, 0.15) is 56.9 Å². The van der Waals surface area contributed by atoms with Gasteiger partial charge in [0.25, 0.3) is 0 Å². The normalized spacial score (nSPS) is 38.0. The van der Waals surface area contributed by atoms with Crippen molar-refractivity contribution in [3.63, 3.8) is 0 Å². The van der Waals surface area contributed by atoms with E-state index in [1.807, 2.05) is 0 Å². The molecule has 0 spiro atoms. The van der Waals surface area contributed by atoms with Crippen LogP contribution in [0.4, 0.5) is 0 Å². The van der Waals surface area contributed by atoms with Crippen LogP contribution in [0, 0.1) is 17.3 Å². The van der Waals surface area contributed by atoms with Gasteiger partial charge in [0.1, 0.15) is 5.75 Å². The topological polar surface area (TPSA) is 50.4 Å². The molecule has 0 radical (unpaired) electrons. The maximum atomic E-state index is 13.5. The number of hydrogen-bond donors (Lipinski definition) is 2. The zero-order chi connectivity index (χ0) is 18.5. The van der Waals surface area contributed by atoms with Gasteiger partial charge in [-0.05, 0) is 99.4 Å². The van der Waals surface area contributed by atoms with E-state index < -0.39 is 0 Å². The molecule has 4 heteroatoms. The monoisotopic (exact) mass is 368 g/mol. The molecular weight excluding hydrogens is 336 g/mol. The van der Waals surface area contributed by atoms with Gasteiger partial charge in [0.15, 0.2) is 0 Å². The second-order valence-corrected chi connectivity index (χ2v) is 9.75. The maximum absolute atomic E-state index is 13.5. The van der Waals surface area contributed by atoms with Crippen LogP contribution in [0.25, 0.3) is 0 Å². The van der Waals surface area contributed by atoms with Crippen LogP contribution < -0.4 is 15.4 Å². The van der Waals surface area contributed by atoms with Crippen molar-refractivity contribution in [3.8, 4) is 5.75 Å². The molecule has 1 heterocycles. The third kappa shape index (κ3) is 2.97. The predicted octanol–water partition coefficient (Wildman–Crippen LogP) is 3.40. The Hall–Kier alpha value is -1.55. The molecule has 1 aromatic carbocycles. The summed E-state index contributed by atoms with van der Waals surface area (Å²) in [5, 5.41) is 6.86. The molecule has 4 nitrogen and oxygen atoms in total. The van der Waals surface area contributed by atoms with Crippen molar-refractivity contribution < 1.29 is 9.53 Å². The smallest absolute Gasteiger partial charge is 0.226 e. The first-order valence-electron chi connectivity index (χ1n) is 10.8. The van der Waals surface area contributed by atoms with Gasteiger partial charge in [0.2, 0.25) is 5.91 Å². The Bertz CT molecular complexity index is 694. The zero-order valence-electron chi connectivity index (χ0n) is 16.4. The van der Waals surface area contributed by atoms with Crippen LogP contribution in [-0.4, -0.2) is 32.1 Å². The van der Waals surface area contributed by atoms with E-state index in [2.05, 4.69) is 34.9 Å². The largest absolute Gasteiger partial charge is 0.497 e. The lowest BCUT2D eigenvalue weighted by molar-refractivity contribution is -0.150. The van der Waals surface area contributed by atoms with Gasteiger partial charge < -0.3 is 15.4 Å². The Balaban J connectivity index is 1.41. The van der Waals surface area contributed by atoms with Crippen molar-refractivity contribution in [3.05, 3.63) is 29.8 Å². The minimum Gasteiger partial charge on any atom is -0.497 e. The molecule has 5 aliphatic rings. The van der Waals surface area contributed by atoms with E-state index in [1.54, 1.807) is 7.11 Å². The number of methoxy groups -OCH3 is 1. The molecular formula is C23H32N2O2. The lowest BCUT2D eigenvalue weighted by Gasteiger charge is -2.61. The van der Waals surface area contributed by atoms with E-state index in [9.17, 15) is 4.79 Å². The van der Waals surface area contributed by atoms with Crippen molar-refractivity contribution in [2.24, 2.45) is 17.3 Å². The van der Waals surface area contributed by atoms with E-state index in [-0.39, 0.29) is 10.8 Å². The van der Waals surface area contributed by atoms with Crippen LogP contribution in [0.15, 0.2) is 24.3 Å². The summed E-state index contributed by atoms with van der Waals surface area (Å²) in [6.07, 6.45) is 9.25. The molecule has 6 rings (SSSR count). The van der Waals surface area contributed by atoms with Gasteiger partial charge in [-0.2, -0.15) is 0 Å². The molecule has 1 saturated heterocycles. The number of hydrogen-bond acceptors (Lipinski definition) is 3. The van der Waals surface area contributed by atoms with Crippen molar-refractivity contribution in [1.29, 1.82) is 0 Å². The number of piperidine rings is 1. The highest BCUT2D eigenvalue weighted by Gasteiger charge is 2.61. The summed E-state index contributed by atoms with van der Waals surface area (Å²) < 4.78 is 5.36. The Morgan fingerprint density at radius 1 is 1.07 bits per heavy atom. The minimum absolute atomic E-state index is 0.130. The molecule has 2 atom stereocenters. The van der Waals surface area contributed by atoms with Crippen molar-refractivity contribution >= 4 is 5.91 Å². The predicted molar refractivity (Wildman–Crippen MR) is 106 cm³/mol. The lowest BCUT2D eigenvalue weighted by atomic mass is 9.42. The summed E-state index contributed by atoms with van der Waals surface area (Å²) in [5.41, 5.74) is 1.49. The molecule has 146 valence electrons. The summed E-state index contributed by atoms with van der Waals surface area (Å²) >= 11 is 0. The van der Waals surface area contributed by atoms with Crippen LogP contribution in [0.3, 0.4) is 0 Å². The first-order chi connectivity index (χ1) is 13.1. The summed E-state index contributed by atoms with van der Waals surface area (Å²) in [4.78, 5) is 13.5. The lowest BCUT2D eigenvalue weighted by Crippen LogP contribution is -2.60. The van der Waals surface area contributed by atoms with Gasteiger partial charge in [-0.15, -0.1) is 0 Å². The third-order valence-electron chi connectivity index (χ3n) is 7.92. The standard InChI is InChI=1S/C23H32N2O2/c1-27-20-4-2-18(3-5-20)22-11-16-10-17(12-22)14-23(13-16,15-22)21(26)25-19-6-8-24-9-7-19/h2-5,16-17,19,24H,6-15H2,1H3,(H,25,26). The highest BCUT2D eigenvalue weighted by molar-refractivity contribution is 5.84. The van der Waals surface area contributed by atoms with Gasteiger partial charge in [0.05, 0.1) is 12.5 Å². The zero-order valence-corrected chi connectivity index (χ0v) is 16.4. The van der Waals surface area contributed by atoms with E-state index >= 15 is 0 Å². The quantitative estimate of drug-likeness (QED) is 0.856. The molecule has 1 aromatic rings. The maximum Gasteiger partial charge on any atom is 0.226 e. The van der Waals surface area contributed by atoms with Gasteiger partial charge in [-0.1, -0.05) is 12.1 Å². The van der Waals surface area contributed by atoms with Crippen LogP contribution in [-0.2, 0) is 10.2 Å². The highest BCUT2D eigenvalue weighted by Crippen LogP contribution is 2.65. The molecule has 4 bridgehead atoms. The van der Waals surface area contributed by atoms with Crippen LogP contribution in [0.2, 0.25) is 0 Å². The summed E-state index contributed by atoms with van der Waals surface area (Å²) in [5.74, 6) is 2.71. The average molecular weight is 369 g/mol. The van der Waals surface area contributed by atoms with Crippen LogP contribution >= 0.6 is 0 Å². The second kappa shape index (κ2) is 6.51. The number of benzene rings is 1. The Morgan fingerprint density at radius 2 is 1.74 bits per heavy atom. The molecule has 4 saturated carbocycles. The molecule has 0 aromatic heterocycles. The average Bonchev–Trinajstić information content (AvgIpc) is 2.68. The fourth-order valence-corrected chi connectivity index (χ4v) is 7.12. The Morgan fingerprint density at radius 3 is 2.37 bits per heavy atom. The number of rotatable bonds is 4. The van der Waals surface area contributed by atoms with Gasteiger partial charge in [0, 0.05) is 6.04 Å². The number of carbonyl (C=O) groups is 1. The van der Waals surface area contributed by atoms with Crippen molar-refractivity contribution in [2.75, 3.05) is 20.2 Å². The number of nitrogens with one attached hydrogen (secondary N) is 2. The molecule has 5 fully saturated rings. The molecule has 4 aliphatic carbocycles. The first-order valence-corrected chi connectivity index (χ1v) is 10.8. The molecule has 1 amide bonds. The molecule has 1 aliphatic heterocycles. The summed E-state index contributed by atoms with van der Waals surface area (Å²) in [7, 11) is 1.72. The van der Waals surface area contributed by atoms with E-state index in [0.717, 1.165) is 50.9 Å². The van der Waals surface area contributed by atoms with Crippen molar-refractivity contribution in [2.45, 2.75) is 62.8 Å². The Kier molecular flexibility index (Phi) is 4.23. The molecule has 27 heavy (non-hydrogen) atoms. The molecule has 2 unspecified atom stereocenters. The second-order valence-electron chi connectivity index (χ2n) is 9.75. The van der Waals surface area contributed by atoms with Crippen molar-refractivity contribution in [1.82, 2.24) is 10.6 Å². The fourth-order valence-electron chi connectivity index (χ4n) is 7.12. The number of amides is 1. The van der Waals surface area contributed by atoms with Gasteiger partial charge in [-0.25, -0.2) is 0 Å². The molecule has 2 N–H and O–H groups in total. The first kappa shape index (κ1) is 17.5.